The van der Waals surface area contributed by atoms with Crippen molar-refractivity contribution in [2.24, 2.45) is 0 Å². The summed E-state index contributed by atoms with van der Waals surface area (Å²) in [4.78, 5) is 4.43. The Bertz CT molecular complexity index is 299. The van der Waals surface area contributed by atoms with Gasteiger partial charge in [-0.15, -0.1) is 0 Å². The first-order valence-corrected chi connectivity index (χ1v) is 7.66. The van der Waals surface area contributed by atoms with Gasteiger partial charge in [-0.05, 0) is 33.0 Å². The van der Waals surface area contributed by atoms with E-state index in [0.29, 0.717) is 6.54 Å². The largest absolute Gasteiger partial charge is 0.390 e. The maximum absolute atomic E-state index is 10.9. The summed E-state index contributed by atoms with van der Waals surface area (Å²) in [7, 11) is 1.98. The average Bonchev–Trinajstić information content (AvgIpc) is 2.34. The van der Waals surface area contributed by atoms with Crippen molar-refractivity contribution in [3.05, 3.63) is 0 Å². The highest BCUT2D eigenvalue weighted by atomic mass is 32.2. The molecule has 0 amide bonds. The highest BCUT2D eigenvalue weighted by molar-refractivity contribution is 7.77. The standard InChI is InChI=1S/C11H23N3O3S/c1-13-7-9(12-18(16)17)11(15)10(8-13)14-5-3-2-4-6-14/h9-12,15H,2-8H2,1H3,(H,16,17)/t9-,10+,11+/m1/s1. The first kappa shape index (κ1) is 14.4. The zero-order valence-corrected chi connectivity index (χ0v) is 11.6. The normalized spacial score (nSPS) is 37.6. The van der Waals surface area contributed by atoms with Crippen LogP contribution in [0.3, 0.4) is 0 Å². The Kier molecular flexibility index (Phi) is 5.11. The molecule has 0 aromatic carbocycles. The molecule has 2 aliphatic rings. The third-order valence-corrected chi connectivity index (χ3v) is 4.43. The first-order chi connectivity index (χ1) is 8.58. The van der Waals surface area contributed by atoms with Crippen LogP contribution in [0.15, 0.2) is 0 Å². The molecule has 0 aromatic heterocycles. The second kappa shape index (κ2) is 6.40. The molecule has 2 rings (SSSR count). The lowest BCUT2D eigenvalue weighted by molar-refractivity contribution is -0.0276. The zero-order chi connectivity index (χ0) is 13.1. The minimum absolute atomic E-state index is 0.0603. The molecule has 2 aliphatic heterocycles. The quantitative estimate of drug-likeness (QED) is 0.591. The molecule has 4 atom stereocenters. The van der Waals surface area contributed by atoms with E-state index >= 15 is 0 Å². The zero-order valence-electron chi connectivity index (χ0n) is 10.8. The fraction of sp³-hybridized carbons (Fsp3) is 1.00. The van der Waals surface area contributed by atoms with Gasteiger partial charge in [0.25, 0.3) is 0 Å². The van der Waals surface area contributed by atoms with Crippen molar-refractivity contribution in [2.45, 2.75) is 37.5 Å². The topological polar surface area (TPSA) is 76.0 Å². The van der Waals surface area contributed by atoms with Crippen LogP contribution in [0.4, 0.5) is 0 Å². The fourth-order valence-electron chi connectivity index (χ4n) is 3.03. The SMILES string of the molecule is CN1C[C@@H](NS(=O)O)[C@H](O)[C@@H](N2CCCCC2)C1. The fourth-order valence-corrected chi connectivity index (χ4v) is 3.50. The summed E-state index contributed by atoms with van der Waals surface area (Å²) < 4.78 is 22.3. The number of hydrogen-bond donors (Lipinski definition) is 3. The Morgan fingerprint density at radius 1 is 1.22 bits per heavy atom. The van der Waals surface area contributed by atoms with Crippen molar-refractivity contribution in [2.75, 3.05) is 33.2 Å². The number of nitrogens with one attached hydrogen (secondary N) is 1. The molecular formula is C11H23N3O3S. The minimum Gasteiger partial charge on any atom is -0.390 e. The van der Waals surface area contributed by atoms with E-state index < -0.39 is 17.4 Å². The Labute approximate surface area is 111 Å². The van der Waals surface area contributed by atoms with Crippen LogP contribution in [0.2, 0.25) is 0 Å². The Morgan fingerprint density at radius 2 is 1.89 bits per heavy atom. The van der Waals surface area contributed by atoms with Crippen molar-refractivity contribution in [3.63, 3.8) is 0 Å². The molecule has 0 spiro atoms. The van der Waals surface area contributed by atoms with Gasteiger partial charge in [-0.2, -0.15) is 0 Å². The molecule has 6 nitrogen and oxygen atoms in total. The Balaban J connectivity index is 2.01. The smallest absolute Gasteiger partial charge is 0.232 e. The molecule has 2 heterocycles. The van der Waals surface area contributed by atoms with Gasteiger partial charge in [0.1, 0.15) is 0 Å². The van der Waals surface area contributed by atoms with Crippen molar-refractivity contribution in [3.8, 4) is 0 Å². The third kappa shape index (κ3) is 3.49. The maximum atomic E-state index is 10.9. The van der Waals surface area contributed by atoms with E-state index in [1.165, 1.54) is 19.3 Å². The number of aliphatic hydroxyl groups is 1. The number of likely N-dealkylation sites (N-methyl/N-ethyl adjacent to an activating group) is 1. The number of hydrogen-bond acceptors (Lipinski definition) is 4. The molecule has 106 valence electrons. The van der Waals surface area contributed by atoms with Crippen LogP contribution in [0.5, 0.6) is 0 Å². The molecule has 1 unspecified atom stereocenters. The van der Waals surface area contributed by atoms with Crippen LogP contribution in [-0.4, -0.2) is 75.1 Å². The van der Waals surface area contributed by atoms with Gasteiger partial charge in [0.05, 0.1) is 12.1 Å². The van der Waals surface area contributed by atoms with E-state index in [1.54, 1.807) is 0 Å². The van der Waals surface area contributed by atoms with Crippen molar-refractivity contribution >= 4 is 11.3 Å². The molecule has 18 heavy (non-hydrogen) atoms. The molecule has 0 aliphatic carbocycles. The maximum Gasteiger partial charge on any atom is 0.232 e. The summed E-state index contributed by atoms with van der Waals surface area (Å²) in [6, 6.07) is -0.286. The van der Waals surface area contributed by atoms with Crippen LogP contribution in [0.25, 0.3) is 0 Å². The van der Waals surface area contributed by atoms with Crippen molar-refractivity contribution in [1.29, 1.82) is 0 Å². The molecule has 0 bridgehead atoms. The van der Waals surface area contributed by atoms with Gasteiger partial charge in [-0.1, -0.05) is 6.42 Å². The second-order valence-corrected chi connectivity index (χ2v) is 6.08. The molecule has 0 saturated carbocycles. The van der Waals surface area contributed by atoms with Gasteiger partial charge in [0.15, 0.2) is 0 Å². The lowest BCUT2D eigenvalue weighted by Gasteiger charge is -2.45. The van der Waals surface area contributed by atoms with Crippen LogP contribution in [-0.2, 0) is 11.3 Å². The number of likely N-dealkylation sites (tertiary alicyclic amines) is 2. The number of rotatable bonds is 3. The van der Waals surface area contributed by atoms with Gasteiger partial charge in [-0.25, -0.2) is 8.93 Å². The first-order valence-electron chi connectivity index (χ1n) is 6.55. The van der Waals surface area contributed by atoms with Crippen molar-refractivity contribution in [1.82, 2.24) is 14.5 Å². The van der Waals surface area contributed by atoms with Crippen LogP contribution >= 0.6 is 0 Å². The van der Waals surface area contributed by atoms with Crippen LogP contribution in [0.1, 0.15) is 19.3 Å². The summed E-state index contributed by atoms with van der Waals surface area (Å²) in [6.07, 6.45) is 3.03. The highest BCUT2D eigenvalue weighted by Crippen LogP contribution is 2.20. The number of piperidine rings is 2. The van der Waals surface area contributed by atoms with E-state index in [9.17, 15) is 9.32 Å². The molecule has 0 radical (unpaired) electrons. The monoisotopic (exact) mass is 277 g/mol. The Morgan fingerprint density at radius 3 is 2.50 bits per heavy atom. The summed E-state index contributed by atoms with van der Waals surface area (Å²) in [6.45, 7) is 3.45. The van der Waals surface area contributed by atoms with Gasteiger partial charge in [0.2, 0.25) is 11.3 Å². The predicted octanol–water partition coefficient (Wildman–Crippen LogP) is -0.758. The van der Waals surface area contributed by atoms with Gasteiger partial charge < -0.3 is 10.0 Å². The van der Waals surface area contributed by atoms with E-state index in [-0.39, 0.29) is 12.1 Å². The minimum atomic E-state index is -2.07. The van der Waals surface area contributed by atoms with E-state index in [0.717, 1.165) is 19.6 Å². The molecule has 0 aromatic rings. The lowest BCUT2D eigenvalue weighted by Crippen LogP contribution is -2.64. The van der Waals surface area contributed by atoms with Gasteiger partial charge in [0, 0.05) is 19.1 Å². The molecule has 7 heteroatoms. The summed E-state index contributed by atoms with van der Waals surface area (Å²) >= 11 is -2.07. The average molecular weight is 277 g/mol. The van der Waals surface area contributed by atoms with Gasteiger partial charge in [-0.3, -0.25) is 9.45 Å². The number of nitrogens with zero attached hydrogens (tertiary/aromatic N) is 2. The molecule has 2 fully saturated rings. The Hall–Kier alpha value is -0.0500. The molecule has 2 saturated heterocycles. The number of aliphatic hydroxyl groups excluding tert-OH is 1. The van der Waals surface area contributed by atoms with Crippen molar-refractivity contribution < 1.29 is 13.9 Å². The highest BCUT2D eigenvalue weighted by Gasteiger charge is 2.38. The predicted molar refractivity (Wildman–Crippen MR) is 70.4 cm³/mol. The van der Waals surface area contributed by atoms with E-state index in [2.05, 4.69) is 14.5 Å². The summed E-state index contributed by atoms with van der Waals surface area (Å²) in [5.74, 6) is 0. The molecular weight excluding hydrogens is 254 g/mol. The van der Waals surface area contributed by atoms with Gasteiger partial charge >= 0.3 is 0 Å². The molecule has 3 N–H and O–H groups in total. The summed E-state index contributed by atoms with van der Waals surface area (Å²) in [5, 5.41) is 10.4. The summed E-state index contributed by atoms with van der Waals surface area (Å²) in [5.41, 5.74) is 0. The van der Waals surface area contributed by atoms with Crippen LogP contribution < -0.4 is 4.72 Å². The van der Waals surface area contributed by atoms with Crippen LogP contribution in [0, 0.1) is 0 Å². The second-order valence-electron chi connectivity index (χ2n) is 5.35. The lowest BCUT2D eigenvalue weighted by atomic mass is 9.95. The third-order valence-electron chi connectivity index (χ3n) is 3.93. The van der Waals surface area contributed by atoms with E-state index in [1.807, 2.05) is 7.05 Å². The van der Waals surface area contributed by atoms with E-state index in [4.69, 9.17) is 4.55 Å².